The Balaban J connectivity index is 1.91. The zero-order chi connectivity index (χ0) is 18.0. The first-order valence-electron chi connectivity index (χ1n) is 8.51. The van der Waals surface area contributed by atoms with Gasteiger partial charge in [-0.1, -0.05) is 47.1 Å². The summed E-state index contributed by atoms with van der Waals surface area (Å²) in [5.74, 6) is 0. The van der Waals surface area contributed by atoms with Crippen LogP contribution >= 0.6 is 15.9 Å². The number of hydrogen-bond acceptors (Lipinski definition) is 3. The summed E-state index contributed by atoms with van der Waals surface area (Å²) in [6.45, 7) is 6.80. The number of halogens is 1. The van der Waals surface area contributed by atoms with Crippen molar-refractivity contribution in [3.05, 3.63) is 79.6 Å². The standard InChI is InChI=1S/C21H22BrNO2/c1-4-19(15-6-8-17(22)9-7-15)23-12-16-11-20(24)25-21-14(3)13(2)5-10-18(16)21/h5-11,19,23H,4,12H2,1-3H3/t19-/m0/s1. The van der Waals surface area contributed by atoms with Crippen molar-refractivity contribution >= 4 is 26.9 Å². The molecule has 0 saturated heterocycles. The van der Waals surface area contributed by atoms with Crippen LogP contribution in [0, 0.1) is 13.8 Å². The fourth-order valence-corrected chi connectivity index (χ4v) is 3.36. The van der Waals surface area contributed by atoms with Crippen molar-refractivity contribution in [2.24, 2.45) is 0 Å². The van der Waals surface area contributed by atoms with Gasteiger partial charge in [-0.3, -0.25) is 0 Å². The van der Waals surface area contributed by atoms with E-state index < -0.39 is 0 Å². The minimum atomic E-state index is -0.297. The van der Waals surface area contributed by atoms with E-state index in [4.69, 9.17) is 4.42 Å². The van der Waals surface area contributed by atoms with Gasteiger partial charge in [0, 0.05) is 28.5 Å². The van der Waals surface area contributed by atoms with Crippen LogP contribution in [0.5, 0.6) is 0 Å². The minimum absolute atomic E-state index is 0.238. The van der Waals surface area contributed by atoms with Crippen molar-refractivity contribution in [1.29, 1.82) is 0 Å². The Kier molecular flexibility index (Phi) is 5.40. The highest BCUT2D eigenvalue weighted by Gasteiger charge is 2.12. The maximum Gasteiger partial charge on any atom is 0.336 e. The molecular formula is C21H22BrNO2. The summed E-state index contributed by atoms with van der Waals surface area (Å²) in [5.41, 5.74) is 4.77. The van der Waals surface area contributed by atoms with Crippen molar-refractivity contribution < 1.29 is 4.42 Å². The molecule has 3 nitrogen and oxygen atoms in total. The van der Waals surface area contributed by atoms with E-state index in [9.17, 15) is 4.79 Å². The molecule has 4 heteroatoms. The topological polar surface area (TPSA) is 42.2 Å². The predicted octanol–water partition coefficient (Wildman–Crippen LogP) is 5.41. The molecule has 2 aromatic carbocycles. The van der Waals surface area contributed by atoms with Crippen molar-refractivity contribution in [1.82, 2.24) is 5.32 Å². The zero-order valence-electron chi connectivity index (χ0n) is 14.7. The minimum Gasteiger partial charge on any atom is -0.422 e. The quantitative estimate of drug-likeness (QED) is 0.582. The maximum absolute atomic E-state index is 12.0. The summed E-state index contributed by atoms with van der Waals surface area (Å²) in [4.78, 5) is 12.0. The van der Waals surface area contributed by atoms with E-state index in [1.165, 1.54) is 5.56 Å². The molecule has 0 spiro atoms. The van der Waals surface area contributed by atoms with Gasteiger partial charge in [0.25, 0.3) is 0 Å². The maximum atomic E-state index is 12.0. The molecular weight excluding hydrogens is 378 g/mol. The highest BCUT2D eigenvalue weighted by Crippen LogP contribution is 2.25. The lowest BCUT2D eigenvalue weighted by Crippen LogP contribution is -2.21. The Morgan fingerprint density at radius 1 is 1.12 bits per heavy atom. The number of rotatable bonds is 5. The predicted molar refractivity (Wildman–Crippen MR) is 106 cm³/mol. The fraction of sp³-hybridized carbons (Fsp3) is 0.286. The monoisotopic (exact) mass is 399 g/mol. The van der Waals surface area contributed by atoms with Crippen molar-refractivity contribution in [2.45, 2.75) is 39.8 Å². The van der Waals surface area contributed by atoms with Crippen LogP contribution in [0.15, 0.2) is 56.1 Å². The molecule has 1 atom stereocenters. The molecule has 0 aliphatic heterocycles. The smallest absolute Gasteiger partial charge is 0.336 e. The highest BCUT2D eigenvalue weighted by atomic mass is 79.9. The third kappa shape index (κ3) is 3.86. The number of benzene rings is 2. The third-order valence-corrected chi connectivity index (χ3v) is 5.27. The van der Waals surface area contributed by atoms with Gasteiger partial charge in [-0.05, 0) is 54.7 Å². The molecule has 3 rings (SSSR count). The Morgan fingerprint density at radius 2 is 1.84 bits per heavy atom. The average molecular weight is 400 g/mol. The summed E-state index contributed by atoms with van der Waals surface area (Å²) < 4.78 is 6.53. The van der Waals surface area contributed by atoms with E-state index in [0.29, 0.717) is 12.1 Å². The molecule has 0 radical (unpaired) electrons. The molecule has 0 aliphatic rings. The second kappa shape index (κ2) is 7.54. The zero-order valence-corrected chi connectivity index (χ0v) is 16.3. The first-order valence-corrected chi connectivity index (χ1v) is 9.30. The summed E-state index contributed by atoms with van der Waals surface area (Å²) in [6.07, 6.45) is 0.971. The van der Waals surface area contributed by atoms with Gasteiger partial charge in [0.05, 0.1) is 0 Å². The molecule has 0 aliphatic carbocycles. The van der Waals surface area contributed by atoms with E-state index in [0.717, 1.165) is 33.0 Å². The summed E-state index contributed by atoms with van der Waals surface area (Å²) in [5, 5.41) is 4.58. The molecule has 1 heterocycles. The Labute approximate surface area is 156 Å². The third-order valence-electron chi connectivity index (χ3n) is 4.74. The summed E-state index contributed by atoms with van der Waals surface area (Å²) >= 11 is 3.47. The summed E-state index contributed by atoms with van der Waals surface area (Å²) in [7, 11) is 0. The van der Waals surface area contributed by atoms with Crippen molar-refractivity contribution in [2.75, 3.05) is 0 Å². The highest BCUT2D eigenvalue weighted by molar-refractivity contribution is 9.10. The number of nitrogens with one attached hydrogen (secondary N) is 1. The Bertz CT molecular complexity index is 945. The Morgan fingerprint density at radius 3 is 2.52 bits per heavy atom. The second-order valence-corrected chi connectivity index (χ2v) is 7.28. The van der Waals surface area contributed by atoms with Crippen LogP contribution in [-0.2, 0) is 6.54 Å². The average Bonchev–Trinajstić information content (AvgIpc) is 2.60. The van der Waals surface area contributed by atoms with Gasteiger partial charge < -0.3 is 9.73 Å². The molecule has 3 aromatic rings. The van der Waals surface area contributed by atoms with E-state index >= 15 is 0 Å². The van der Waals surface area contributed by atoms with Gasteiger partial charge in [-0.15, -0.1) is 0 Å². The molecule has 25 heavy (non-hydrogen) atoms. The molecule has 0 bridgehead atoms. The molecule has 1 N–H and O–H groups in total. The van der Waals surface area contributed by atoms with E-state index in [1.807, 2.05) is 19.9 Å². The SMILES string of the molecule is CC[C@H](NCc1cc(=O)oc2c(C)c(C)ccc12)c1ccc(Br)cc1. The van der Waals surface area contributed by atoms with Crippen molar-refractivity contribution in [3.8, 4) is 0 Å². The molecule has 0 fully saturated rings. The van der Waals surface area contributed by atoms with Gasteiger partial charge >= 0.3 is 5.63 Å². The van der Waals surface area contributed by atoms with Crippen LogP contribution in [-0.4, -0.2) is 0 Å². The lowest BCUT2D eigenvalue weighted by Gasteiger charge is -2.18. The summed E-state index contributed by atoms with van der Waals surface area (Å²) in [6, 6.07) is 14.3. The molecule has 0 amide bonds. The largest absolute Gasteiger partial charge is 0.422 e. The van der Waals surface area contributed by atoms with Crippen LogP contribution in [0.1, 0.15) is 41.6 Å². The van der Waals surface area contributed by atoms with Gasteiger partial charge in [0.1, 0.15) is 5.58 Å². The first kappa shape index (κ1) is 17.9. The lowest BCUT2D eigenvalue weighted by atomic mass is 10.0. The van der Waals surface area contributed by atoms with Crippen LogP contribution in [0.2, 0.25) is 0 Å². The van der Waals surface area contributed by atoms with Gasteiger partial charge in [-0.2, -0.15) is 0 Å². The van der Waals surface area contributed by atoms with Crippen LogP contribution in [0.25, 0.3) is 11.0 Å². The molecule has 0 unspecified atom stereocenters. The molecule has 1 aromatic heterocycles. The lowest BCUT2D eigenvalue weighted by molar-refractivity contribution is 0.514. The Hall–Kier alpha value is -1.91. The van der Waals surface area contributed by atoms with Gasteiger partial charge in [0.15, 0.2) is 0 Å². The van der Waals surface area contributed by atoms with E-state index in [2.05, 4.69) is 58.5 Å². The fourth-order valence-electron chi connectivity index (χ4n) is 3.10. The second-order valence-electron chi connectivity index (χ2n) is 6.37. The van der Waals surface area contributed by atoms with Crippen molar-refractivity contribution in [3.63, 3.8) is 0 Å². The molecule has 130 valence electrons. The van der Waals surface area contributed by atoms with Gasteiger partial charge in [-0.25, -0.2) is 4.79 Å². The van der Waals surface area contributed by atoms with Crippen LogP contribution < -0.4 is 10.9 Å². The number of hydrogen-bond donors (Lipinski definition) is 1. The van der Waals surface area contributed by atoms with Gasteiger partial charge in [0.2, 0.25) is 0 Å². The van der Waals surface area contributed by atoms with Crippen LogP contribution in [0.3, 0.4) is 0 Å². The number of aryl methyl sites for hydroxylation is 2. The first-order chi connectivity index (χ1) is 12.0. The van der Waals surface area contributed by atoms with E-state index in [1.54, 1.807) is 6.07 Å². The normalized spacial score (nSPS) is 12.5. The molecule has 0 saturated carbocycles. The van der Waals surface area contributed by atoms with Crippen LogP contribution in [0.4, 0.5) is 0 Å². The number of fused-ring (bicyclic) bond motifs is 1. The van der Waals surface area contributed by atoms with E-state index in [-0.39, 0.29) is 11.7 Å².